The van der Waals surface area contributed by atoms with Gasteiger partial charge >= 0.3 is 5.97 Å². The Morgan fingerprint density at radius 1 is 1.43 bits per heavy atom. The van der Waals surface area contributed by atoms with Crippen molar-refractivity contribution in [3.8, 4) is 0 Å². The van der Waals surface area contributed by atoms with E-state index in [-0.39, 0.29) is 18.5 Å². The Labute approximate surface area is 85.6 Å². The number of aliphatic carboxylic acids is 1. The van der Waals surface area contributed by atoms with Crippen molar-refractivity contribution in [3.63, 3.8) is 0 Å². The summed E-state index contributed by atoms with van der Waals surface area (Å²) in [6, 6.07) is 0.500. The standard InChI is InChI=1S/C10H21NO3/c1-4-14-7-9(3)11-8(2)5-6-10(12)13/h8-9,11H,4-7H2,1-3H3,(H,12,13). The summed E-state index contributed by atoms with van der Waals surface area (Å²) in [4.78, 5) is 10.3. The number of carboxylic acid groups (broad SMARTS) is 1. The smallest absolute Gasteiger partial charge is 0.303 e. The van der Waals surface area contributed by atoms with Crippen molar-refractivity contribution in [1.82, 2.24) is 5.32 Å². The largest absolute Gasteiger partial charge is 0.481 e. The predicted molar refractivity (Wildman–Crippen MR) is 55.4 cm³/mol. The number of hydrogen-bond acceptors (Lipinski definition) is 3. The van der Waals surface area contributed by atoms with E-state index in [1.807, 2.05) is 20.8 Å². The summed E-state index contributed by atoms with van der Waals surface area (Å²) in [6.45, 7) is 7.38. The molecule has 4 heteroatoms. The molecule has 2 atom stereocenters. The monoisotopic (exact) mass is 203 g/mol. The number of carbonyl (C=O) groups is 1. The highest BCUT2D eigenvalue weighted by atomic mass is 16.5. The van der Waals surface area contributed by atoms with Gasteiger partial charge in [-0.2, -0.15) is 0 Å². The molecule has 2 unspecified atom stereocenters. The van der Waals surface area contributed by atoms with Crippen LogP contribution in [0.3, 0.4) is 0 Å². The van der Waals surface area contributed by atoms with E-state index in [2.05, 4.69) is 5.32 Å². The maximum atomic E-state index is 10.3. The Kier molecular flexibility index (Phi) is 7.42. The molecule has 14 heavy (non-hydrogen) atoms. The molecule has 0 radical (unpaired) electrons. The van der Waals surface area contributed by atoms with E-state index in [0.717, 1.165) is 6.61 Å². The van der Waals surface area contributed by atoms with Gasteiger partial charge in [-0.05, 0) is 27.2 Å². The average molecular weight is 203 g/mol. The molecular formula is C10H21NO3. The topological polar surface area (TPSA) is 58.6 Å². The Hall–Kier alpha value is -0.610. The first-order valence-electron chi connectivity index (χ1n) is 5.11. The lowest BCUT2D eigenvalue weighted by molar-refractivity contribution is -0.137. The molecule has 0 heterocycles. The van der Waals surface area contributed by atoms with Crippen LogP contribution in [0.15, 0.2) is 0 Å². The fraction of sp³-hybridized carbons (Fsp3) is 0.900. The van der Waals surface area contributed by atoms with Gasteiger partial charge in [-0.1, -0.05) is 0 Å². The van der Waals surface area contributed by atoms with Crippen molar-refractivity contribution in [2.24, 2.45) is 0 Å². The van der Waals surface area contributed by atoms with E-state index < -0.39 is 5.97 Å². The lowest BCUT2D eigenvalue weighted by Crippen LogP contribution is -2.37. The summed E-state index contributed by atoms with van der Waals surface area (Å²) in [5.74, 6) is -0.740. The maximum absolute atomic E-state index is 10.3. The maximum Gasteiger partial charge on any atom is 0.303 e. The van der Waals surface area contributed by atoms with Crippen LogP contribution in [-0.2, 0) is 9.53 Å². The third kappa shape index (κ3) is 8.01. The second-order valence-electron chi connectivity index (χ2n) is 3.56. The second kappa shape index (κ2) is 7.76. The summed E-state index contributed by atoms with van der Waals surface area (Å²) >= 11 is 0. The van der Waals surface area contributed by atoms with E-state index in [1.54, 1.807) is 0 Å². The normalized spacial score (nSPS) is 15.1. The molecule has 0 aliphatic rings. The van der Waals surface area contributed by atoms with Crippen molar-refractivity contribution in [1.29, 1.82) is 0 Å². The van der Waals surface area contributed by atoms with Crippen LogP contribution in [0.5, 0.6) is 0 Å². The van der Waals surface area contributed by atoms with E-state index in [9.17, 15) is 4.79 Å². The number of ether oxygens (including phenoxy) is 1. The van der Waals surface area contributed by atoms with Crippen LogP contribution < -0.4 is 5.32 Å². The molecule has 0 amide bonds. The van der Waals surface area contributed by atoms with E-state index in [4.69, 9.17) is 9.84 Å². The van der Waals surface area contributed by atoms with E-state index >= 15 is 0 Å². The third-order valence-corrected chi connectivity index (χ3v) is 1.93. The zero-order chi connectivity index (χ0) is 11.0. The molecule has 0 rings (SSSR count). The van der Waals surface area contributed by atoms with Crippen molar-refractivity contribution < 1.29 is 14.6 Å². The number of carboxylic acids is 1. The molecule has 0 aromatic heterocycles. The molecular weight excluding hydrogens is 182 g/mol. The number of hydrogen-bond donors (Lipinski definition) is 2. The first-order chi connectivity index (χ1) is 6.56. The van der Waals surface area contributed by atoms with Crippen LogP contribution >= 0.6 is 0 Å². The van der Waals surface area contributed by atoms with Gasteiger partial charge in [-0.3, -0.25) is 4.79 Å². The molecule has 0 aliphatic carbocycles. The van der Waals surface area contributed by atoms with Crippen molar-refractivity contribution in [3.05, 3.63) is 0 Å². The van der Waals surface area contributed by atoms with Gasteiger partial charge in [0.25, 0.3) is 0 Å². The minimum atomic E-state index is -0.740. The zero-order valence-electron chi connectivity index (χ0n) is 9.25. The average Bonchev–Trinajstić information content (AvgIpc) is 2.11. The fourth-order valence-corrected chi connectivity index (χ4v) is 1.25. The highest BCUT2D eigenvalue weighted by Crippen LogP contribution is 1.98. The molecule has 0 spiro atoms. The van der Waals surface area contributed by atoms with Gasteiger partial charge in [0.2, 0.25) is 0 Å². The van der Waals surface area contributed by atoms with Crippen molar-refractivity contribution in [2.75, 3.05) is 13.2 Å². The predicted octanol–water partition coefficient (Wildman–Crippen LogP) is 1.25. The summed E-state index contributed by atoms with van der Waals surface area (Å²) < 4.78 is 5.24. The van der Waals surface area contributed by atoms with E-state index in [0.29, 0.717) is 13.0 Å². The molecule has 84 valence electrons. The molecule has 0 aromatic carbocycles. The van der Waals surface area contributed by atoms with Crippen LogP contribution in [0.4, 0.5) is 0 Å². The minimum absolute atomic E-state index is 0.218. The van der Waals surface area contributed by atoms with Crippen LogP contribution in [0, 0.1) is 0 Å². The molecule has 4 nitrogen and oxygen atoms in total. The molecule has 0 aliphatic heterocycles. The summed E-state index contributed by atoms with van der Waals surface area (Å²) in [6.07, 6.45) is 0.876. The summed E-state index contributed by atoms with van der Waals surface area (Å²) in [5.41, 5.74) is 0. The number of rotatable bonds is 8. The fourth-order valence-electron chi connectivity index (χ4n) is 1.25. The Morgan fingerprint density at radius 2 is 2.07 bits per heavy atom. The molecule has 0 saturated heterocycles. The van der Waals surface area contributed by atoms with Gasteiger partial charge in [-0.15, -0.1) is 0 Å². The number of nitrogens with one attached hydrogen (secondary N) is 1. The molecule has 2 N–H and O–H groups in total. The minimum Gasteiger partial charge on any atom is -0.481 e. The van der Waals surface area contributed by atoms with Crippen LogP contribution in [0.2, 0.25) is 0 Å². The Balaban J connectivity index is 3.49. The third-order valence-electron chi connectivity index (χ3n) is 1.93. The SMILES string of the molecule is CCOCC(C)NC(C)CCC(=O)O. The first kappa shape index (κ1) is 13.4. The molecule has 0 saturated carbocycles. The summed E-state index contributed by atoms with van der Waals surface area (Å²) in [7, 11) is 0. The van der Waals surface area contributed by atoms with Gasteiger partial charge in [0.15, 0.2) is 0 Å². The van der Waals surface area contributed by atoms with Crippen molar-refractivity contribution in [2.45, 2.75) is 45.7 Å². The van der Waals surface area contributed by atoms with Crippen LogP contribution in [0.1, 0.15) is 33.6 Å². The second-order valence-corrected chi connectivity index (χ2v) is 3.56. The van der Waals surface area contributed by atoms with Gasteiger partial charge in [-0.25, -0.2) is 0 Å². The van der Waals surface area contributed by atoms with E-state index in [1.165, 1.54) is 0 Å². The highest BCUT2D eigenvalue weighted by Gasteiger charge is 2.08. The summed E-state index contributed by atoms with van der Waals surface area (Å²) in [5, 5.41) is 11.8. The molecule has 0 bridgehead atoms. The van der Waals surface area contributed by atoms with Gasteiger partial charge in [0.1, 0.15) is 0 Å². The first-order valence-corrected chi connectivity index (χ1v) is 5.11. The van der Waals surface area contributed by atoms with Gasteiger partial charge < -0.3 is 15.2 Å². The Bertz CT molecular complexity index is 161. The lowest BCUT2D eigenvalue weighted by Gasteiger charge is -2.19. The van der Waals surface area contributed by atoms with Crippen molar-refractivity contribution >= 4 is 5.97 Å². The quantitative estimate of drug-likeness (QED) is 0.623. The Morgan fingerprint density at radius 3 is 2.57 bits per heavy atom. The molecule has 0 aromatic rings. The highest BCUT2D eigenvalue weighted by molar-refractivity contribution is 5.66. The lowest BCUT2D eigenvalue weighted by atomic mass is 10.1. The molecule has 0 fully saturated rings. The van der Waals surface area contributed by atoms with Crippen LogP contribution in [0.25, 0.3) is 0 Å². The zero-order valence-corrected chi connectivity index (χ0v) is 9.25. The van der Waals surface area contributed by atoms with Gasteiger partial charge in [0, 0.05) is 25.1 Å². The van der Waals surface area contributed by atoms with Crippen LogP contribution in [-0.4, -0.2) is 36.4 Å². The van der Waals surface area contributed by atoms with Gasteiger partial charge in [0.05, 0.1) is 6.61 Å².